The van der Waals surface area contributed by atoms with Gasteiger partial charge in [-0.2, -0.15) is 0 Å². The van der Waals surface area contributed by atoms with E-state index >= 15 is 0 Å². The third-order valence-electron chi connectivity index (χ3n) is 3.35. The fourth-order valence-electron chi connectivity index (χ4n) is 1.60. The summed E-state index contributed by atoms with van der Waals surface area (Å²) >= 11 is 5.81. The Hall–Kier alpha value is -1.22. The number of carbonyl (C=O) groups is 1. The van der Waals surface area contributed by atoms with Crippen LogP contribution in [-0.2, 0) is 0 Å². The third kappa shape index (κ3) is 3.16. The molecule has 1 rings (SSSR count). The van der Waals surface area contributed by atoms with Crippen LogP contribution in [0, 0.1) is 5.41 Å². The molecule has 0 heterocycles. The summed E-state index contributed by atoms with van der Waals surface area (Å²) in [5.41, 5.74) is 0.488. The highest BCUT2D eigenvalue weighted by molar-refractivity contribution is 6.32. The Labute approximate surface area is 113 Å². The molecule has 4 heteroatoms. The minimum absolute atomic E-state index is 0.00508. The summed E-state index contributed by atoms with van der Waals surface area (Å²) in [5, 5.41) is 9.54. The average molecular weight is 270 g/mol. The van der Waals surface area contributed by atoms with Gasteiger partial charge in [-0.25, -0.2) is 0 Å². The lowest BCUT2D eigenvalue weighted by atomic mass is 9.87. The summed E-state index contributed by atoms with van der Waals surface area (Å²) in [6, 6.07) is 4.60. The minimum atomic E-state index is -0.0978. The van der Waals surface area contributed by atoms with E-state index in [2.05, 4.69) is 20.8 Å². The lowest BCUT2D eigenvalue weighted by Gasteiger charge is -2.35. The first kappa shape index (κ1) is 14.8. The molecule has 1 unspecified atom stereocenters. The van der Waals surface area contributed by atoms with Gasteiger partial charge in [0.1, 0.15) is 5.75 Å². The van der Waals surface area contributed by atoms with Crippen LogP contribution in [0.15, 0.2) is 18.2 Å². The SMILES string of the molecule is CC(N(C)C(=O)c1ccc(O)c(Cl)c1)C(C)(C)C. The molecule has 1 aromatic rings. The Bertz CT molecular complexity index is 452. The zero-order chi connectivity index (χ0) is 14.1. The number of hydrogen-bond donors (Lipinski definition) is 1. The van der Waals surface area contributed by atoms with Crippen LogP contribution < -0.4 is 0 Å². The van der Waals surface area contributed by atoms with Gasteiger partial charge in [-0.15, -0.1) is 0 Å². The molecule has 0 radical (unpaired) electrons. The Kier molecular flexibility index (Phi) is 4.28. The largest absolute Gasteiger partial charge is 0.506 e. The van der Waals surface area contributed by atoms with Crippen LogP contribution in [0.1, 0.15) is 38.1 Å². The highest BCUT2D eigenvalue weighted by Crippen LogP contribution is 2.27. The molecule has 0 aliphatic rings. The molecular weight excluding hydrogens is 250 g/mol. The third-order valence-corrected chi connectivity index (χ3v) is 3.65. The topological polar surface area (TPSA) is 40.5 Å². The highest BCUT2D eigenvalue weighted by Gasteiger charge is 2.27. The van der Waals surface area contributed by atoms with Crippen LogP contribution >= 0.6 is 11.6 Å². The smallest absolute Gasteiger partial charge is 0.253 e. The molecule has 0 fully saturated rings. The molecule has 0 saturated carbocycles. The second-order valence-corrected chi connectivity index (χ2v) is 6.03. The van der Waals surface area contributed by atoms with Crippen molar-refractivity contribution >= 4 is 17.5 Å². The number of aromatic hydroxyl groups is 1. The van der Waals surface area contributed by atoms with Crippen molar-refractivity contribution in [3.63, 3.8) is 0 Å². The van der Waals surface area contributed by atoms with Crippen molar-refractivity contribution < 1.29 is 9.90 Å². The standard InChI is InChI=1S/C14H20ClNO2/c1-9(14(2,3)4)16(5)13(18)10-6-7-12(17)11(15)8-10/h6-9,17H,1-5H3. The zero-order valence-electron chi connectivity index (χ0n) is 11.5. The second-order valence-electron chi connectivity index (χ2n) is 5.62. The first-order valence-corrected chi connectivity index (χ1v) is 6.28. The van der Waals surface area contributed by atoms with E-state index in [0.717, 1.165) is 0 Å². The van der Waals surface area contributed by atoms with Gasteiger partial charge in [-0.05, 0) is 30.5 Å². The number of benzene rings is 1. The Morgan fingerprint density at radius 1 is 1.39 bits per heavy atom. The van der Waals surface area contributed by atoms with Gasteiger partial charge in [0.05, 0.1) is 5.02 Å². The lowest BCUT2D eigenvalue weighted by Crippen LogP contribution is -2.42. The molecule has 18 heavy (non-hydrogen) atoms. The first-order chi connectivity index (χ1) is 8.14. The molecule has 100 valence electrons. The average Bonchev–Trinajstić information content (AvgIpc) is 2.28. The monoisotopic (exact) mass is 269 g/mol. The van der Waals surface area contributed by atoms with Crippen LogP contribution in [0.5, 0.6) is 5.75 Å². The van der Waals surface area contributed by atoms with E-state index < -0.39 is 0 Å². The van der Waals surface area contributed by atoms with Crippen LogP contribution in [0.25, 0.3) is 0 Å². The Morgan fingerprint density at radius 2 is 1.94 bits per heavy atom. The lowest BCUT2D eigenvalue weighted by molar-refractivity contribution is 0.0629. The van der Waals surface area contributed by atoms with E-state index in [1.54, 1.807) is 18.0 Å². The Balaban J connectivity index is 2.97. The predicted octanol–water partition coefficient (Wildman–Crippen LogP) is 3.55. The molecular formula is C14H20ClNO2. The molecule has 0 aliphatic heterocycles. The van der Waals surface area contributed by atoms with Crippen LogP contribution in [0.3, 0.4) is 0 Å². The molecule has 0 bridgehead atoms. The molecule has 0 saturated heterocycles. The van der Waals surface area contributed by atoms with E-state index in [4.69, 9.17) is 11.6 Å². The van der Waals surface area contributed by atoms with Crippen molar-refractivity contribution in [2.24, 2.45) is 5.41 Å². The van der Waals surface area contributed by atoms with Crippen molar-refractivity contribution in [3.05, 3.63) is 28.8 Å². The number of nitrogens with zero attached hydrogens (tertiary/aromatic N) is 1. The quantitative estimate of drug-likeness (QED) is 0.892. The summed E-state index contributed by atoms with van der Waals surface area (Å²) in [7, 11) is 1.78. The van der Waals surface area contributed by atoms with Gasteiger partial charge < -0.3 is 10.0 Å². The summed E-state index contributed by atoms with van der Waals surface area (Å²) in [6.07, 6.45) is 0. The summed E-state index contributed by atoms with van der Waals surface area (Å²) in [4.78, 5) is 14.0. The van der Waals surface area contributed by atoms with Gasteiger partial charge in [0.2, 0.25) is 0 Å². The number of hydrogen-bond acceptors (Lipinski definition) is 2. The van der Waals surface area contributed by atoms with Crippen molar-refractivity contribution in [2.45, 2.75) is 33.7 Å². The number of phenolic OH excluding ortho intramolecular Hbond substituents is 1. The van der Waals surface area contributed by atoms with E-state index in [9.17, 15) is 9.90 Å². The summed E-state index contributed by atoms with van der Waals surface area (Å²) < 4.78 is 0. The van der Waals surface area contributed by atoms with Crippen molar-refractivity contribution in [1.29, 1.82) is 0 Å². The maximum atomic E-state index is 12.3. The summed E-state index contributed by atoms with van der Waals surface area (Å²) in [6.45, 7) is 8.28. The molecule has 3 nitrogen and oxygen atoms in total. The number of halogens is 1. The highest BCUT2D eigenvalue weighted by atomic mass is 35.5. The van der Waals surface area contributed by atoms with Crippen molar-refractivity contribution in [2.75, 3.05) is 7.05 Å². The van der Waals surface area contributed by atoms with Gasteiger partial charge in [-0.1, -0.05) is 32.4 Å². The number of carbonyl (C=O) groups excluding carboxylic acids is 1. The van der Waals surface area contributed by atoms with Gasteiger partial charge in [0.25, 0.3) is 5.91 Å². The molecule has 1 N–H and O–H groups in total. The second kappa shape index (κ2) is 5.19. The van der Waals surface area contributed by atoms with E-state index in [-0.39, 0.29) is 28.1 Å². The maximum Gasteiger partial charge on any atom is 0.253 e. The van der Waals surface area contributed by atoms with Crippen LogP contribution in [-0.4, -0.2) is 29.0 Å². The molecule has 0 aliphatic carbocycles. The van der Waals surface area contributed by atoms with Crippen molar-refractivity contribution in [1.82, 2.24) is 4.90 Å². The van der Waals surface area contributed by atoms with E-state index in [1.807, 2.05) is 6.92 Å². The van der Waals surface area contributed by atoms with Crippen LogP contribution in [0.4, 0.5) is 0 Å². The normalized spacial score (nSPS) is 13.2. The minimum Gasteiger partial charge on any atom is -0.506 e. The zero-order valence-corrected chi connectivity index (χ0v) is 12.2. The maximum absolute atomic E-state index is 12.3. The molecule has 0 spiro atoms. The fourth-order valence-corrected chi connectivity index (χ4v) is 1.78. The van der Waals surface area contributed by atoms with Crippen LogP contribution in [0.2, 0.25) is 5.02 Å². The predicted molar refractivity (Wildman–Crippen MR) is 74.1 cm³/mol. The first-order valence-electron chi connectivity index (χ1n) is 5.90. The Morgan fingerprint density at radius 3 is 2.39 bits per heavy atom. The molecule has 1 aromatic carbocycles. The number of rotatable bonds is 2. The number of phenols is 1. The van der Waals surface area contributed by atoms with Gasteiger partial charge in [0, 0.05) is 18.7 Å². The molecule has 0 aromatic heterocycles. The van der Waals surface area contributed by atoms with Gasteiger partial charge in [0.15, 0.2) is 0 Å². The molecule has 1 amide bonds. The van der Waals surface area contributed by atoms with Gasteiger partial charge >= 0.3 is 0 Å². The van der Waals surface area contributed by atoms with E-state index in [0.29, 0.717) is 5.56 Å². The summed E-state index contributed by atoms with van der Waals surface area (Å²) in [5.74, 6) is -0.112. The van der Waals surface area contributed by atoms with E-state index in [1.165, 1.54) is 12.1 Å². The fraction of sp³-hybridized carbons (Fsp3) is 0.500. The van der Waals surface area contributed by atoms with Crippen molar-refractivity contribution in [3.8, 4) is 5.75 Å². The number of amides is 1. The van der Waals surface area contributed by atoms with Gasteiger partial charge in [-0.3, -0.25) is 4.79 Å². The molecule has 1 atom stereocenters.